The van der Waals surface area contributed by atoms with Crippen LogP contribution in [-0.4, -0.2) is 61.9 Å². The Morgan fingerprint density at radius 1 is 1.26 bits per heavy atom. The summed E-state index contributed by atoms with van der Waals surface area (Å²) in [6.45, 7) is 4.97. The first-order valence-electron chi connectivity index (χ1n) is 9.18. The molecule has 1 atom stereocenters. The Labute approximate surface area is 161 Å². The summed E-state index contributed by atoms with van der Waals surface area (Å²) >= 11 is 0. The van der Waals surface area contributed by atoms with Crippen molar-refractivity contribution in [2.45, 2.75) is 39.3 Å². The van der Waals surface area contributed by atoms with Crippen molar-refractivity contribution in [3.63, 3.8) is 0 Å². The summed E-state index contributed by atoms with van der Waals surface area (Å²) in [7, 11) is -1.50. The number of carbonyl (C=O) groups excluding carboxylic acids is 2. The molecule has 1 unspecified atom stereocenters. The predicted octanol–water partition coefficient (Wildman–Crippen LogP) is 1.45. The number of carbonyl (C=O) groups is 2. The Morgan fingerprint density at radius 2 is 1.89 bits per heavy atom. The van der Waals surface area contributed by atoms with Crippen LogP contribution in [0.5, 0.6) is 0 Å². The highest BCUT2D eigenvalue weighted by Crippen LogP contribution is 2.19. The molecule has 150 valence electrons. The Kier molecular flexibility index (Phi) is 7.00. The second-order valence-corrected chi connectivity index (χ2v) is 9.37. The van der Waals surface area contributed by atoms with Crippen LogP contribution < -0.4 is 5.32 Å². The summed E-state index contributed by atoms with van der Waals surface area (Å²) in [5.74, 6) is -0.499. The van der Waals surface area contributed by atoms with Gasteiger partial charge in [-0.3, -0.25) is 9.59 Å². The highest BCUT2D eigenvalue weighted by molar-refractivity contribution is 7.88. The summed E-state index contributed by atoms with van der Waals surface area (Å²) in [6, 6.07) is 7.29. The standard InChI is InChI=1S/C19H29N3O4S/c1-14(2)21(3)19(24)16-9-7-15(8-10-16)12-20-18(23)17-6-5-11-22(13-17)27(4,25)26/h7-10,14,17H,5-6,11-13H2,1-4H3,(H,20,23). The number of sulfonamides is 1. The number of piperidine rings is 1. The van der Waals surface area contributed by atoms with Gasteiger partial charge in [-0.1, -0.05) is 12.1 Å². The third-order valence-corrected chi connectivity index (χ3v) is 6.26. The third kappa shape index (κ3) is 5.77. The molecule has 1 aliphatic heterocycles. The van der Waals surface area contributed by atoms with Gasteiger partial charge < -0.3 is 10.2 Å². The molecule has 1 saturated heterocycles. The molecule has 0 spiro atoms. The smallest absolute Gasteiger partial charge is 0.253 e. The molecule has 1 heterocycles. The maximum Gasteiger partial charge on any atom is 0.253 e. The van der Waals surface area contributed by atoms with E-state index in [2.05, 4.69) is 5.32 Å². The minimum Gasteiger partial charge on any atom is -0.352 e. The minimum atomic E-state index is -3.27. The van der Waals surface area contributed by atoms with Crippen molar-refractivity contribution in [3.05, 3.63) is 35.4 Å². The zero-order chi connectivity index (χ0) is 20.2. The number of rotatable bonds is 6. The zero-order valence-electron chi connectivity index (χ0n) is 16.4. The van der Waals surface area contributed by atoms with Crippen LogP contribution >= 0.6 is 0 Å². The van der Waals surface area contributed by atoms with E-state index in [-0.39, 0.29) is 30.3 Å². The van der Waals surface area contributed by atoms with Crippen LogP contribution in [0.25, 0.3) is 0 Å². The molecule has 0 aromatic heterocycles. The molecule has 1 aliphatic rings. The van der Waals surface area contributed by atoms with Gasteiger partial charge in [0.2, 0.25) is 15.9 Å². The molecule has 27 heavy (non-hydrogen) atoms. The maximum absolute atomic E-state index is 12.4. The number of hydrogen-bond donors (Lipinski definition) is 1. The van der Waals surface area contributed by atoms with Crippen molar-refractivity contribution in [1.29, 1.82) is 0 Å². The summed E-state index contributed by atoms with van der Waals surface area (Å²) < 4.78 is 24.7. The lowest BCUT2D eigenvalue weighted by atomic mass is 9.98. The second-order valence-electron chi connectivity index (χ2n) is 7.38. The first kappa shape index (κ1) is 21.4. The normalized spacial score (nSPS) is 18.3. The molecule has 2 amide bonds. The van der Waals surface area contributed by atoms with E-state index in [1.165, 1.54) is 10.6 Å². The fourth-order valence-electron chi connectivity index (χ4n) is 2.99. The highest BCUT2D eigenvalue weighted by Gasteiger charge is 2.29. The molecule has 0 radical (unpaired) electrons. The first-order valence-corrected chi connectivity index (χ1v) is 11.0. The van der Waals surface area contributed by atoms with Gasteiger partial charge in [0.25, 0.3) is 5.91 Å². The lowest BCUT2D eigenvalue weighted by molar-refractivity contribution is -0.126. The van der Waals surface area contributed by atoms with Gasteiger partial charge in [-0.15, -0.1) is 0 Å². The van der Waals surface area contributed by atoms with Crippen molar-refractivity contribution in [3.8, 4) is 0 Å². The monoisotopic (exact) mass is 395 g/mol. The summed E-state index contributed by atoms with van der Waals surface area (Å²) in [5, 5.41) is 2.87. The summed E-state index contributed by atoms with van der Waals surface area (Å²) in [4.78, 5) is 26.3. The van der Waals surface area contributed by atoms with E-state index in [4.69, 9.17) is 0 Å². The van der Waals surface area contributed by atoms with Crippen LogP contribution in [0, 0.1) is 5.92 Å². The Bertz CT molecular complexity index is 775. The Morgan fingerprint density at radius 3 is 2.44 bits per heavy atom. The zero-order valence-corrected chi connectivity index (χ0v) is 17.3. The van der Waals surface area contributed by atoms with Crippen molar-refractivity contribution in [2.75, 3.05) is 26.4 Å². The number of nitrogens with one attached hydrogen (secondary N) is 1. The largest absolute Gasteiger partial charge is 0.352 e. The molecule has 0 aliphatic carbocycles. The average Bonchev–Trinajstić information content (AvgIpc) is 2.64. The summed E-state index contributed by atoms with van der Waals surface area (Å²) in [6.07, 6.45) is 2.55. The van der Waals surface area contributed by atoms with Gasteiger partial charge in [0.05, 0.1) is 12.2 Å². The van der Waals surface area contributed by atoms with E-state index in [1.807, 2.05) is 26.0 Å². The lowest BCUT2D eigenvalue weighted by Gasteiger charge is -2.30. The quantitative estimate of drug-likeness (QED) is 0.790. The van der Waals surface area contributed by atoms with Gasteiger partial charge in [0.15, 0.2) is 0 Å². The number of amides is 2. The Hall–Kier alpha value is -1.93. The van der Waals surface area contributed by atoms with Gasteiger partial charge in [0, 0.05) is 38.3 Å². The van der Waals surface area contributed by atoms with Gasteiger partial charge in [-0.2, -0.15) is 0 Å². The predicted molar refractivity (Wildman–Crippen MR) is 105 cm³/mol. The topological polar surface area (TPSA) is 86.8 Å². The van der Waals surface area contributed by atoms with Crippen LogP contribution in [0.3, 0.4) is 0 Å². The molecule has 8 heteroatoms. The molecule has 1 fully saturated rings. The van der Waals surface area contributed by atoms with Crippen molar-refractivity contribution >= 4 is 21.8 Å². The average molecular weight is 396 g/mol. The minimum absolute atomic E-state index is 0.0383. The summed E-state index contributed by atoms with van der Waals surface area (Å²) in [5.41, 5.74) is 1.50. The van der Waals surface area contributed by atoms with E-state index >= 15 is 0 Å². The third-order valence-electron chi connectivity index (χ3n) is 4.99. The van der Waals surface area contributed by atoms with Gasteiger partial charge in [-0.05, 0) is 44.4 Å². The van der Waals surface area contributed by atoms with Crippen LogP contribution in [0.1, 0.15) is 42.6 Å². The molecule has 2 rings (SSSR count). The van der Waals surface area contributed by atoms with Crippen LogP contribution in [0.4, 0.5) is 0 Å². The molecule has 0 saturated carbocycles. The van der Waals surface area contributed by atoms with E-state index < -0.39 is 10.0 Å². The molecular weight excluding hydrogens is 366 g/mol. The maximum atomic E-state index is 12.4. The van der Waals surface area contributed by atoms with E-state index in [0.29, 0.717) is 31.5 Å². The van der Waals surface area contributed by atoms with Gasteiger partial charge in [0.1, 0.15) is 0 Å². The Balaban J connectivity index is 1.91. The van der Waals surface area contributed by atoms with Gasteiger partial charge in [-0.25, -0.2) is 12.7 Å². The lowest BCUT2D eigenvalue weighted by Crippen LogP contribution is -2.44. The van der Waals surface area contributed by atoms with E-state index in [9.17, 15) is 18.0 Å². The van der Waals surface area contributed by atoms with E-state index in [1.54, 1.807) is 24.1 Å². The number of benzene rings is 1. The number of nitrogens with zero attached hydrogens (tertiary/aromatic N) is 2. The molecule has 1 aromatic rings. The van der Waals surface area contributed by atoms with Gasteiger partial charge >= 0.3 is 0 Å². The molecule has 0 bridgehead atoms. The second kappa shape index (κ2) is 8.84. The molecular formula is C19H29N3O4S. The molecule has 7 nitrogen and oxygen atoms in total. The molecule has 1 aromatic carbocycles. The van der Waals surface area contributed by atoms with Crippen LogP contribution in [-0.2, 0) is 21.4 Å². The van der Waals surface area contributed by atoms with Crippen molar-refractivity contribution in [1.82, 2.24) is 14.5 Å². The fourth-order valence-corrected chi connectivity index (χ4v) is 3.91. The number of hydrogen-bond acceptors (Lipinski definition) is 4. The van der Waals surface area contributed by atoms with Crippen LogP contribution in [0.2, 0.25) is 0 Å². The van der Waals surface area contributed by atoms with Crippen LogP contribution in [0.15, 0.2) is 24.3 Å². The van der Waals surface area contributed by atoms with E-state index in [0.717, 1.165) is 5.56 Å². The SMILES string of the molecule is CC(C)N(C)C(=O)c1ccc(CNC(=O)C2CCCN(S(C)(=O)=O)C2)cc1. The first-order chi connectivity index (χ1) is 12.6. The molecule has 1 N–H and O–H groups in total. The van der Waals surface area contributed by atoms with Crippen molar-refractivity contribution in [2.24, 2.45) is 5.92 Å². The fraction of sp³-hybridized carbons (Fsp3) is 0.579. The highest BCUT2D eigenvalue weighted by atomic mass is 32.2. The van der Waals surface area contributed by atoms with Crippen molar-refractivity contribution < 1.29 is 18.0 Å².